The van der Waals surface area contributed by atoms with E-state index in [2.05, 4.69) is 0 Å². The Hall–Kier alpha value is -2.76. The Morgan fingerprint density at radius 2 is 1.65 bits per heavy atom. The fourth-order valence-electron chi connectivity index (χ4n) is 3.99. The molecule has 4 rings (SSSR count). The molecule has 0 aromatic heterocycles. The molecule has 0 spiro atoms. The van der Waals surface area contributed by atoms with Gasteiger partial charge in [0.1, 0.15) is 5.82 Å². The van der Waals surface area contributed by atoms with Crippen molar-refractivity contribution < 1.29 is 17.6 Å². The molecule has 0 atom stereocenters. The van der Waals surface area contributed by atoms with Gasteiger partial charge in [-0.05, 0) is 67.6 Å². The summed E-state index contributed by atoms with van der Waals surface area (Å²) in [6, 6.07) is 14.3. The molecule has 6 nitrogen and oxygen atoms in total. The Kier molecular flexibility index (Phi) is 6.08. The Morgan fingerprint density at radius 3 is 2.19 bits per heavy atom. The van der Waals surface area contributed by atoms with E-state index in [1.54, 1.807) is 12.1 Å². The highest BCUT2D eigenvalue weighted by atomic mass is 32.2. The highest BCUT2D eigenvalue weighted by Crippen LogP contribution is 2.32. The zero-order valence-corrected chi connectivity index (χ0v) is 17.9. The van der Waals surface area contributed by atoms with E-state index in [4.69, 9.17) is 5.26 Å². The van der Waals surface area contributed by atoms with Crippen molar-refractivity contribution in [2.45, 2.75) is 43.2 Å². The van der Waals surface area contributed by atoms with E-state index in [0.717, 1.165) is 18.4 Å². The van der Waals surface area contributed by atoms with Gasteiger partial charge in [-0.2, -0.15) is 9.57 Å². The largest absolute Gasteiger partial charge is 0.335 e. The lowest BCUT2D eigenvalue weighted by molar-refractivity contribution is -0.138. The van der Waals surface area contributed by atoms with Gasteiger partial charge in [-0.1, -0.05) is 12.1 Å². The number of piperidine rings is 1. The molecule has 0 bridgehead atoms. The van der Waals surface area contributed by atoms with Crippen LogP contribution in [0.3, 0.4) is 0 Å². The third kappa shape index (κ3) is 4.78. The number of amides is 1. The summed E-state index contributed by atoms with van der Waals surface area (Å²) >= 11 is 0. The van der Waals surface area contributed by atoms with Gasteiger partial charge in [0.05, 0.1) is 16.5 Å². The topological polar surface area (TPSA) is 81.5 Å². The molecule has 8 heteroatoms. The van der Waals surface area contributed by atoms with E-state index in [0.29, 0.717) is 24.9 Å². The maximum atomic E-state index is 13.2. The minimum atomic E-state index is -3.65. The number of rotatable bonds is 6. The summed E-state index contributed by atoms with van der Waals surface area (Å²) < 4.78 is 40.4. The molecule has 1 saturated heterocycles. The van der Waals surface area contributed by atoms with Crippen LogP contribution in [-0.4, -0.2) is 42.7 Å². The van der Waals surface area contributed by atoms with Gasteiger partial charge in [-0.15, -0.1) is 0 Å². The van der Waals surface area contributed by atoms with E-state index in [1.165, 1.54) is 40.7 Å². The lowest BCUT2D eigenvalue weighted by Crippen LogP contribution is -2.44. The van der Waals surface area contributed by atoms with Crippen LogP contribution in [-0.2, 0) is 21.4 Å². The number of halogens is 1. The lowest BCUT2D eigenvalue weighted by atomic mass is 9.96. The summed E-state index contributed by atoms with van der Waals surface area (Å²) in [4.78, 5) is 15.2. The predicted molar refractivity (Wildman–Crippen MR) is 113 cm³/mol. The van der Waals surface area contributed by atoms with E-state index in [1.807, 2.05) is 11.0 Å². The molecule has 162 valence electrons. The van der Waals surface area contributed by atoms with Gasteiger partial charge in [0.25, 0.3) is 0 Å². The average Bonchev–Trinajstić information content (AvgIpc) is 3.63. The number of nitrogens with zero attached hydrogens (tertiary/aromatic N) is 3. The van der Waals surface area contributed by atoms with Crippen molar-refractivity contribution in [3.05, 3.63) is 65.5 Å². The molecule has 2 fully saturated rings. The van der Waals surface area contributed by atoms with Crippen LogP contribution in [0.1, 0.15) is 36.8 Å². The van der Waals surface area contributed by atoms with Crippen molar-refractivity contribution in [2.24, 2.45) is 5.92 Å². The number of carbonyl (C=O) groups is 1. The van der Waals surface area contributed by atoms with E-state index < -0.39 is 10.0 Å². The Bertz CT molecular complexity index is 1080. The second kappa shape index (κ2) is 8.77. The average molecular weight is 442 g/mol. The van der Waals surface area contributed by atoms with Crippen molar-refractivity contribution in [1.82, 2.24) is 9.21 Å². The van der Waals surface area contributed by atoms with Gasteiger partial charge in [-0.3, -0.25) is 4.79 Å². The lowest BCUT2D eigenvalue weighted by Gasteiger charge is -2.34. The normalized spacial score (nSPS) is 17.8. The predicted octanol–water partition coefficient (Wildman–Crippen LogP) is 3.29. The van der Waals surface area contributed by atoms with Crippen LogP contribution in [0.25, 0.3) is 0 Å². The molecule has 0 radical (unpaired) electrons. The first kappa shape index (κ1) is 21.5. The highest BCUT2D eigenvalue weighted by molar-refractivity contribution is 7.89. The molecule has 2 aromatic rings. The van der Waals surface area contributed by atoms with Crippen LogP contribution in [0, 0.1) is 23.1 Å². The van der Waals surface area contributed by atoms with E-state index in [-0.39, 0.29) is 41.7 Å². The van der Waals surface area contributed by atoms with Crippen molar-refractivity contribution in [3.63, 3.8) is 0 Å². The molecule has 0 unspecified atom stereocenters. The summed E-state index contributed by atoms with van der Waals surface area (Å²) in [5, 5.41) is 8.89. The first-order valence-electron chi connectivity index (χ1n) is 10.4. The highest BCUT2D eigenvalue weighted by Gasteiger charge is 2.38. The first-order valence-corrected chi connectivity index (χ1v) is 11.9. The zero-order chi connectivity index (χ0) is 22.0. The van der Waals surface area contributed by atoms with Gasteiger partial charge in [0, 0.05) is 31.6 Å². The van der Waals surface area contributed by atoms with E-state index in [9.17, 15) is 17.6 Å². The third-order valence-corrected chi connectivity index (χ3v) is 7.87. The summed E-state index contributed by atoms with van der Waals surface area (Å²) in [6.45, 7) is 1.02. The molecule has 1 aliphatic carbocycles. The summed E-state index contributed by atoms with van der Waals surface area (Å²) in [5.74, 6) is -0.459. The molecule has 0 N–H and O–H groups in total. The molecule has 2 aliphatic rings. The number of benzene rings is 2. The standard InChI is InChI=1S/C23H24FN3O3S/c24-20-5-1-18(2-6-20)16-27(21-7-8-21)23(28)19-11-13-26(14-12-19)31(29,30)22-9-3-17(15-25)4-10-22/h1-6,9-10,19,21H,7-8,11-14,16H2. The van der Waals surface area contributed by atoms with Crippen molar-refractivity contribution >= 4 is 15.9 Å². The number of hydrogen-bond donors (Lipinski definition) is 0. The quantitative estimate of drug-likeness (QED) is 0.689. The van der Waals surface area contributed by atoms with Crippen LogP contribution in [0.5, 0.6) is 0 Å². The number of sulfonamides is 1. The maximum Gasteiger partial charge on any atom is 0.243 e. The Morgan fingerprint density at radius 1 is 1.03 bits per heavy atom. The molecule has 1 aliphatic heterocycles. The smallest absolute Gasteiger partial charge is 0.243 e. The van der Waals surface area contributed by atoms with Gasteiger partial charge < -0.3 is 4.90 Å². The Labute approximate surface area is 181 Å². The summed E-state index contributed by atoms with van der Waals surface area (Å²) in [5.41, 5.74) is 1.30. The molecule has 31 heavy (non-hydrogen) atoms. The number of hydrogen-bond acceptors (Lipinski definition) is 4. The zero-order valence-electron chi connectivity index (χ0n) is 17.1. The fraction of sp³-hybridized carbons (Fsp3) is 0.391. The molecular formula is C23H24FN3O3S. The second-order valence-corrected chi connectivity index (χ2v) is 10.1. The monoisotopic (exact) mass is 441 g/mol. The molecular weight excluding hydrogens is 417 g/mol. The maximum absolute atomic E-state index is 13.2. The Balaban J connectivity index is 1.40. The fourth-order valence-corrected chi connectivity index (χ4v) is 5.46. The first-order chi connectivity index (χ1) is 14.9. The van der Waals surface area contributed by atoms with Crippen molar-refractivity contribution in [1.29, 1.82) is 5.26 Å². The van der Waals surface area contributed by atoms with Crippen LogP contribution in [0.15, 0.2) is 53.4 Å². The minimum absolute atomic E-state index is 0.0576. The van der Waals surface area contributed by atoms with Gasteiger partial charge in [0.2, 0.25) is 15.9 Å². The minimum Gasteiger partial charge on any atom is -0.335 e. The van der Waals surface area contributed by atoms with E-state index >= 15 is 0 Å². The third-order valence-electron chi connectivity index (χ3n) is 5.96. The van der Waals surface area contributed by atoms with Crippen LogP contribution in [0.4, 0.5) is 4.39 Å². The van der Waals surface area contributed by atoms with Crippen LogP contribution in [0.2, 0.25) is 0 Å². The van der Waals surface area contributed by atoms with Crippen molar-refractivity contribution in [2.75, 3.05) is 13.1 Å². The number of nitriles is 1. The second-order valence-electron chi connectivity index (χ2n) is 8.14. The molecule has 2 aromatic carbocycles. The van der Waals surface area contributed by atoms with Crippen LogP contribution < -0.4 is 0 Å². The molecule has 1 saturated carbocycles. The van der Waals surface area contributed by atoms with Gasteiger partial charge in [0.15, 0.2) is 0 Å². The summed E-state index contributed by atoms with van der Waals surface area (Å²) in [7, 11) is -3.65. The van der Waals surface area contributed by atoms with Gasteiger partial charge >= 0.3 is 0 Å². The summed E-state index contributed by atoms with van der Waals surface area (Å²) in [6.07, 6.45) is 2.89. The molecule has 1 amide bonds. The molecule has 1 heterocycles. The van der Waals surface area contributed by atoms with Crippen LogP contribution >= 0.6 is 0 Å². The van der Waals surface area contributed by atoms with Gasteiger partial charge in [-0.25, -0.2) is 12.8 Å². The van der Waals surface area contributed by atoms with Crippen molar-refractivity contribution in [3.8, 4) is 6.07 Å². The number of carbonyl (C=O) groups excluding carboxylic acids is 1. The SMILES string of the molecule is N#Cc1ccc(S(=O)(=O)N2CCC(C(=O)N(Cc3ccc(F)cc3)C3CC3)CC2)cc1.